The highest BCUT2D eigenvalue weighted by Crippen LogP contribution is 2.32. The summed E-state index contributed by atoms with van der Waals surface area (Å²) in [7, 11) is 6.11. The number of hydrogen-bond acceptors (Lipinski definition) is 8. The Bertz CT molecular complexity index is 1290. The predicted octanol–water partition coefficient (Wildman–Crippen LogP) is 2.76. The molecule has 5 rings (SSSR count). The molecular weight excluding hydrogens is 430 g/mol. The number of aryl methyl sites for hydroxylation is 1. The third kappa shape index (κ3) is 4.55. The standard InChI is InChI=1S/C24H30N9O/c1-16-29-21(22-24(30-16)28-15-27-22)19-11-17(14-33(3)9-7-32(2)8-10-33)12-26-23(19)31-18-5-6-20(34-4)25-13-18/h5-6,11-13,15H,7-10,14H2,1-4H3,(H,26,31)(H,27,28,29,30)/q+1. The number of H-pyrrole nitrogens is 1. The Hall–Kier alpha value is -3.63. The van der Waals surface area contributed by atoms with Crippen molar-refractivity contribution in [3.05, 3.63) is 48.3 Å². The van der Waals surface area contributed by atoms with Gasteiger partial charge in [-0.3, -0.25) is 4.90 Å². The second-order valence-electron chi connectivity index (χ2n) is 9.20. The number of imidazole rings is 1. The SMILES string of the molecule is COc1ccc(Nc2ncc(C[N+]3(C)CCN(C)CC3)cc2-c2nc(C)nc3nc[nH]c23)cn1. The van der Waals surface area contributed by atoms with E-state index in [4.69, 9.17) is 14.7 Å². The largest absolute Gasteiger partial charge is 0.481 e. The first-order valence-electron chi connectivity index (χ1n) is 11.4. The van der Waals surface area contributed by atoms with Crippen molar-refractivity contribution < 1.29 is 9.22 Å². The lowest BCUT2D eigenvalue weighted by Gasteiger charge is -2.41. The van der Waals surface area contributed by atoms with Crippen molar-refractivity contribution in [1.82, 2.24) is 34.8 Å². The van der Waals surface area contributed by atoms with Crippen molar-refractivity contribution in [2.45, 2.75) is 13.5 Å². The number of rotatable bonds is 6. The average Bonchev–Trinajstić information content (AvgIpc) is 3.30. The molecule has 4 aromatic heterocycles. The number of hydrogen-bond donors (Lipinski definition) is 2. The number of nitrogens with one attached hydrogen (secondary N) is 2. The second-order valence-corrected chi connectivity index (χ2v) is 9.20. The molecule has 0 saturated carbocycles. The summed E-state index contributed by atoms with van der Waals surface area (Å²) < 4.78 is 6.17. The van der Waals surface area contributed by atoms with Gasteiger partial charge in [0.1, 0.15) is 29.4 Å². The van der Waals surface area contributed by atoms with Crippen LogP contribution in [-0.2, 0) is 6.54 Å². The van der Waals surface area contributed by atoms with Crippen molar-refractivity contribution in [3.63, 3.8) is 0 Å². The maximum absolute atomic E-state index is 5.18. The van der Waals surface area contributed by atoms with Crippen LogP contribution < -0.4 is 10.1 Å². The number of piperazine rings is 1. The highest BCUT2D eigenvalue weighted by atomic mass is 16.5. The van der Waals surface area contributed by atoms with Crippen LogP contribution >= 0.6 is 0 Å². The fourth-order valence-electron chi connectivity index (χ4n) is 4.37. The number of quaternary nitrogens is 1. The van der Waals surface area contributed by atoms with Crippen LogP contribution in [0.4, 0.5) is 11.5 Å². The molecule has 1 aliphatic rings. The molecule has 34 heavy (non-hydrogen) atoms. The molecule has 2 N–H and O–H groups in total. The van der Waals surface area contributed by atoms with Crippen LogP contribution in [0.2, 0.25) is 0 Å². The second kappa shape index (κ2) is 8.96. The number of fused-ring (bicyclic) bond motifs is 1. The topological polar surface area (TPSA) is 105 Å². The van der Waals surface area contributed by atoms with Crippen molar-refractivity contribution in [2.24, 2.45) is 0 Å². The van der Waals surface area contributed by atoms with Gasteiger partial charge in [0.05, 0.1) is 45.5 Å². The molecular formula is C24H30N9O+. The van der Waals surface area contributed by atoms with Gasteiger partial charge in [0.15, 0.2) is 5.65 Å². The highest BCUT2D eigenvalue weighted by Gasteiger charge is 2.28. The van der Waals surface area contributed by atoms with Crippen molar-refractivity contribution in [3.8, 4) is 17.1 Å². The fourth-order valence-corrected chi connectivity index (χ4v) is 4.37. The molecule has 1 aliphatic heterocycles. The minimum atomic E-state index is 0.559. The number of ether oxygens (including phenoxy) is 1. The van der Waals surface area contributed by atoms with E-state index in [0.29, 0.717) is 23.2 Å². The van der Waals surface area contributed by atoms with Crippen LogP contribution in [0.3, 0.4) is 0 Å². The summed E-state index contributed by atoms with van der Waals surface area (Å²) in [5, 5.41) is 3.41. The molecule has 176 valence electrons. The summed E-state index contributed by atoms with van der Waals surface area (Å²) in [6, 6.07) is 5.92. The molecule has 10 heteroatoms. The normalized spacial score (nSPS) is 16.0. The summed E-state index contributed by atoms with van der Waals surface area (Å²) in [5.41, 5.74) is 5.09. The summed E-state index contributed by atoms with van der Waals surface area (Å²) in [4.78, 5) is 28.3. The van der Waals surface area contributed by atoms with Crippen molar-refractivity contribution in [2.75, 3.05) is 52.7 Å². The molecule has 1 saturated heterocycles. The van der Waals surface area contributed by atoms with Gasteiger partial charge in [0, 0.05) is 36.5 Å². The Labute approximate surface area is 198 Å². The van der Waals surface area contributed by atoms with Crippen molar-refractivity contribution in [1.29, 1.82) is 0 Å². The van der Waals surface area contributed by atoms with Gasteiger partial charge in [-0.2, -0.15) is 0 Å². The summed E-state index contributed by atoms with van der Waals surface area (Å²) in [5.74, 6) is 1.92. The Morgan fingerprint density at radius 1 is 1.12 bits per heavy atom. The van der Waals surface area contributed by atoms with Crippen LogP contribution in [0.15, 0.2) is 36.9 Å². The number of nitrogens with zero attached hydrogens (tertiary/aromatic N) is 7. The maximum Gasteiger partial charge on any atom is 0.213 e. The lowest BCUT2D eigenvalue weighted by Crippen LogP contribution is -2.55. The number of pyridine rings is 2. The fraction of sp³-hybridized carbons (Fsp3) is 0.375. The third-order valence-corrected chi connectivity index (χ3v) is 6.41. The Morgan fingerprint density at radius 2 is 1.94 bits per heavy atom. The molecule has 0 amide bonds. The summed E-state index contributed by atoms with van der Waals surface area (Å²) in [6.07, 6.45) is 5.34. The number of anilines is 2. The Balaban J connectivity index is 1.56. The van der Waals surface area contributed by atoms with E-state index in [2.05, 4.69) is 50.3 Å². The van der Waals surface area contributed by atoms with Gasteiger partial charge >= 0.3 is 0 Å². The molecule has 10 nitrogen and oxygen atoms in total. The van der Waals surface area contributed by atoms with Gasteiger partial charge in [-0.1, -0.05) is 0 Å². The minimum absolute atomic E-state index is 0.559. The molecule has 5 heterocycles. The first kappa shape index (κ1) is 22.2. The molecule has 1 fully saturated rings. The monoisotopic (exact) mass is 460 g/mol. The quantitative estimate of drug-likeness (QED) is 0.423. The zero-order valence-electron chi connectivity index (χ0n) is 20.0. The van der Waals surface area contributed by atoms with Crippen LogP contribution in [-0.4, -0.2) is 86.7 Å². The smallest absolute Gasteiger partial charge is 0.213 e. The van der Waals surface area contributed by atoms with Gasteiger partial charge in [0.25, 0.3) is 0 Å². The van der Waals surface area contributed by atoms with Crippen LogP contribution in [0.5, 0.6) is 5.88 Å². The number of methoxy groups -OCH3 is 1. The maximum atomic E-state index is 5.18. The van der Waals surface area contributed by atoms with E-state index in [1.807, 2.05) is 25.3 Å². The van der Waals surface area contributed by atoms with Gasteiger partial charge < -0.3 is 19.5 Å². The van der Waals surface area contributed by atoms with E-state index >= 15 is 0 Å². The molecule has 0 bridgehead atoms. The van der Waals surface area contributed by atoms with Crippen molar-refractivity contribution >= 4 is 22.7 Å². The van der Waals surface area contributed by atoms with Gasteiger partial charge in [-0.25, -0.2) is 24.9 Å². The molecule has 0 radical (unpaired) electrons. The first-order valence-corrected chi connectivity index (χ1v) is 11.4. The van der Waals surface area contributed by atoms with E-state index in [9.17, 15) is 0 Å². The number of aromatic amines is 1. The van der Waals surface area contributed by atoms with E-state index in [0.717, 1.165) is 59.7 Å². The lowest BCUT2D eigenvalue weighted by atomic mass is 10.1. The third-order valence-electron chi connectivity index (χ3n) is 6.41. The molecule has 4 aromatic rings. The van der Waals surface area contributed by atoms with E-state index in [1.54, 1.807) is 19.6 Å². The first-order chi connectivity index (χ1) is 16.4. The molecule has 0 aliphatic carbocycles. The highest BCUT2D eigenvalue weighted by molar-refractivity contribution is 5.91. The minimum Gasteiger partial charge on any atom is -0.481 e. The predicted molar refractivity (Wildman–Crippen MR) is 131 cm³/mol. The van der Waals surface area contributed by atoms with E-state index < -0.39 is 0 Å². The lowest BCUT2D eigenvalue weighted by molar-refractivity contribution is -0.926. The van der Waals surface area contributed by atoms with Crippen LogP contribution in [0.1, 0.15) is 11.4 Å². The van der Waals surface area contributed by atoms with Crippen LogP contribution in [0, 0.1) is 6.92 Å². The van der Waals surface area contributed by atoms with Gasteiger partial charge in [-0.15, -0.1) is 0 Å². The van der Waals surface area contributed by atoms with Gasteiger partial charge in [0.2, 0.25) is 5.88 Å². The zero-order chi connectivity index (χ0) is 23.7. The molecule has 0 unspecified atom stereocenters. The van der Waals surface area contributed by atoms with Gasteiger partial charge in [-0.05, 0) is 26.1 Å². The summed E-state index contributed by atoms with van der Waals surface area (Å²) in [6.45, 7) is 7.21. The summed E-state index contributed by atoms with van der Waals surface area (Å²) >= 11 is 0. The average molecular weight is 461 g/mol. The Kier molecular flexibility index (Phi) is 5.84. The number of likely N-dealkylation sites (N-methyl/N-ethyl adjacent to an activating group) is 2. The van der Waals surface area contributed by atoms with Crippen LogP contribution in [0.25, 0.3) is 22.4 Å². The molecule has 0 spiro atoms. The molecule has 0 atom stereocenters. The number of aromatic nitrogens is 6. The van der Waals surface area contributed by atoms with E-state index in [1.165, 1.54) is 5.56 Å². The van der Waals surface area contributed by atoms with E-state index in [-0.39, 0.29) is 0 Å². The Morgan fingerprint density at radius 3 is 2.68 bits per heavy atom. The molecule has 0 aromatic carbocycles. The zero-order valence-corrected chi connectivity index (χ0v) is 20.0.